The van der Waals surface area contributed by atoms with E-state index < -0.39 is 6.98 Å². The molecule has 74 valence electrons. The highest BCUT2D eigenvalue weighted by molar-refractivity contribution is 6.67. The summed E-state index contributed by atoms with van der Waals surface area (Å²) in [5.41, 5.74) is 1.49. The predicted octanol–water partition coefficient (Wildman–Crippen LogP) is 2.99. The second-order valence-corrected chi connectivity index (χ2v) is 2.89. The molecule has 0 bridgehead atoms. The van der Waals surface area contributed by atoms with Gasteiger partial charge in [-0.1, -0.05) is 19.1 Å². The van der Waals surface area contributed by atoms with Crippen LogP contribution in [0.2, 0.25) is 0 Å². The zero-order valence-electron chi connectivity index (χ0n) is 7.73. The average molecular weight is 197 g/mol. The van der Waals surface area contributed by atoms with Crippen LogP contribution in [0.15, 0.2) is 24.3 Å². The third-order valence-electron chi connectivity index (χ3n) is 1.74. The molecule has 0 amide bonds. The Hall–Kier alpha value is -1.37. The minimum Gasteiger partial charge on any atom is -0.438 e. The standard InChI is InChI=1S/C10H9BF3/c1-2-9-3-5-10(6-4-9)7-8-11(12,13)14/h3-6H,2H2,1H3/q-1. The van der Waals surface area contributed by atoms with E-state index in [9.17, 15) is 12.9 Å². The van der Waals surface area contributed by atoms with Gasteiger partial charge in [-0.25, -0.2) is 0 Å². The van der Waals surface area contributed by atoms with Crippen LogP contribution in [0.4, 0.5) is 12.9 Å². The van der Waals surface area contributed by atoms with E-state index >= 15 is 0 Å². The van der Waals surface area contributed by atoms with Crippen molar-refractivity contribution in [1.29, 1.82) is 0 Å². The van der Waals surface area contributed by atoms with Crippen molar-refractivity contribution in [2.75, 3.05) is 0 Å². The molecular weight excluding hydrogens is 188 g/mol. The van der Waals surface area contributed by atoms with Crippen molar-refractivity contribution in [3.8, 4) is 11.7 Å². The maximum atomic E-state index is 11.8. The van der Waals surface area contributed by atoms with E-state index in [0.29, 0.717) is 5.56 Å². The number of halogens is 3. The van der Waals surface area contributed by atoms with Crippen molar-refractivity contribution in [2.24, 2.45) is 0 Å². The molecule has 0 aliphatic heterocycles. The van der Waals surface area contributed by atoms with Crippen molar-refractivity contribution in [3.63, 3.8) is 0 Å². The summed E-state index contributed by atoms with van der Waals surface area (Å²) in [6, 6.07) is 6.78. The fraction of sp³-hybridized carbons (Fsp3) is 0.200. The summed E-state index contributed by atoms with van der Waals surface area (Å²) in [4.78, 5) is 0. The summed E-state index contributed by atoms with van der Waals surface area (Å²) >= 11 is 0. The Morgan fingerprint density at radius 3 is 2.14 bits per heavy atom. The molecule has 0 fully saturated rings. The fourth-order valence-electron chi connectivity index (χ4n) is 0.989. The van der Waals surface area contributed by atoms with Crippen LogP contribution in [0.1, 0.15) is 18.1 Å². The molecule has 0 radical (unpaired) electrons. The van der Waals surface area contributed by atoms with Gasteiger partial charge in [0, 0.05) is 5.56 Å². The molecule has 0 nitrogen and oxygen atoms in total. The van der Waals surface area contributed by atoms with Crippen LogP contribution in [0.3, 0.4) is 0 Å². The smallest absolute Gasteiger partial charge is 0.438 e. The van der Waals surface area contributed by atoms with Crippen LogP contribution < -0.4 is 0 Å². The van der Waals surface area contributed by atoms with Crippen LogP contribution in [0.25, 0.3) is 0 Å². The maximum Gasteiger partial charge on any atom is 0.558 e. The van der Waals surface area contributed by atoms with Gasteiger partial charge >= 0.3 is 6.98 Å². The molecule has 4 heteroatoms. The second-order valence-electron chi connectivity index (χ2n) is 2.89. The van der Waals surface area contributed by atoms with Crippen LogP contribution in [-0.4, -0.2) is 6.98 Å². The molecule has 0 heterocycles. The molecule has 0 aliphatic carbocycles. The summed E-state index contributed by atoms with van der Waals surface area (Å²) in [5.74, 6) is 3.38. The highest BCUT2D eigenvalue weighted by atomic mass is 19.4. The highest BCUT2D eigenvalue weighted by Crippen LogP contribution is 2.07. The van der Waals surface area contributed by atoms with E-state index in [2.05, 4.69) is 5.92 Å². The Balaban J connectivity index is 2.82. The van der Waals surface area contributed by atoms with Crippen molar-refractivity contribution < 1.29 is 12.9 Å². The van der Waals surface area contributed by atoms with E-state index in [1.807, 2.05) is 6.92 Å². The lowest BCUT2D eigenvalue weighted by Crippen LogP contribution is -2.10. The Labute approximate surface area is 81.2 Å². The van der Waals surface area contributed by atoms with E-state index in [4.69, 9.17) is 0 Å². The van der Waals surface area contributed by atoms with Crippen LogP contribution in [0.5, 0.6) is 0 Å². The van der Waals surface area contributed by atoms with Gasteiger partial charge in [0.1, 0.15) is 0 Å². The van der Waals surface area contributed by atoms with Crippen LogP contribution in [-0.2, 0) is 6.42 Å². The maximum absolute atomic E-state index is 11.8. The lowest BCUT2D eigenvalue weighted by Gasteiger charge is -2.02. The van der Waals surface area contributed by atoms with Crippen LogP contribution >= 0.6 is 0 Å². The number of hydrogen-bond donors (Lipinski definition) is 0. The summed E-state index contributed by atoms with van der Waals surface area (Å²) in [7, 11) is 0. The average Bonchev–Trinajstić information content (AvgIpc) is 2.14. The molecule has 1 aromatic carbocycles. The Morgan fingerprint density at radius 2 is 1.71 bits per heavy atom. The Morgan fingerprint density at radius 1 is 1.14 bits per heavy atom. The monoisotopic (exact) mass is 197 g/mol. The second kappa shape index (κ2) is 4.23. The predicted molar refractivity (Wildman–Crippen MR) is 51.8 cm³/mol. The molecule has 0 unspecified atom stereocenters. The van der Waals surface area contributed by atoms with E-state index in [1.165, 1.54) is 5.82 Å². The molecule has 0 saturated carbocycles. The topological polar surface area (TPSA) is 0 Å². The lowest BCUT2D eigenvalue weighted by molar-refractivity contribution is 0.504. The van der Waals surface area contributed by atoms with Gasteiger partial charge in [-0.2, -0.15) is 5.82 Å². The van der Waals surface area contributed by atoms with Crippen molar-refractivity contribution >= 4 is 6.98 Å². The third-order valence-corrected chi connectivity index (χ3v) is 1.74. The zero-order valence-corrected chi connectivity index (χ0v) is 7.73. The number of aryl methyl sites for hydroxylation is 1. The Kier molecular flexibility index (Phi) is 3.24. The molecule has 1 rings (SSSR count). The third kappa shape index (κ3) is 3.57. The van der Waals surface area contributed by atoms with Gasteiger partial charge in [0.15, 0.2) is 0 Å². The first-order chi connectivity index (χ1) is 6.51. The first-order valence-electron chi connectivity index (χ1n) is 4.33. The van der Waals surface area contributed by atoms with Gasteiger partial charge < -0.3 is 12.9 Å². The highest BCUT2D eigenvalue weighted by Gasteiger charge is 2.17. The lowest BCUT2D eigenvalue weighted by atomic mass is 9.93. The Bertz CT molecular complexity index is 354. The number of benzene rings is 1. The van der Waals surface area contributed by atoms with Gasteiger partial charge in [-0.05, 0) is 24.1 Å². The summed E-state index contributed by atoms with van der Waals surface area (Å²) in [5, 5.41) is 0. The summed E-state index contributed by atoms with van der Waals surface area (Å²) in [6.45, 7) is -3.02. The van der Waals surface area contributed by atoms with Gasteiger partial charge in [0.05, 0.1) is 0 Å². The van der Waals surface area contributed by atoms with Crippen molar-refractivity contribution in [1.82, 2.24) is 0 Å². The largest absolute Gasteiger partial charge is 0.558 e. The molecule has 14 heavy (non-hydrogen) atoms. The minimum atomic E-state index is -5.00. The normalized spacial score (nSPS) is 10.6. The molecule has 0 aromatic heterocycles. The quantitative estimate of drug-likeness (QED) is 0.479. The molecule has 0 aliphatic rings. The minimum absolute atomic E-state index is 0.404. The number of rotatable bonds is 1. The van der Waals surface area contributed by atoms with Crippen molar-refractivity contribution in [2.45, 2.75) is 13.3 Å². The SMILES string of the molecule is CCc1ccc(C#C[B-](F)(F)F)cc1. The molecule has 0 N–H and O–H groups in total. The molecular formula is C10H9BF3-. The summed E-state index contributed by atoms with van der Waals surface area (Å²) < 4.78 is 35.3. The van der Waals surface area contributed by atoms with Gasteiger partial charge in [-0.3, -0.25) is 0 Å². The van der Waals surface area contributed by atoms with Crippen LogP contribution in [0, 0.1) is 11.7 Å². The zero-order chi connectivity index (χ0) is 10.6. The fourth-order valence-corrected chi connectivity index (χ4v) is 0.989. The van der Waals surface area contributed by atoms with Gasteiger partial charge in [0.25, 0.3) is 0 Å². The first-order valence-corrected chi connectivity index (χ1v) is 4.33. The first kappa shape index (κ1) is 10.7. The van der Waals surface area contributed by atoms with E-state index in [1.54, 1.807) is 24.3 Å². The molecule has 0 spiro atoms. The van der Waals surface area contributed by atoms with E-state index in [-0.39, 0.29) is 0 Å². The van der Waals surface area contributed by atoms with Gasteiger partial charge in [0.2, 0.25) is 0 Å². The van der Waals surface area contributed by atoms with E-state index in [0.717, 1.165) is 12.0 Å². The molecule has 1 aromatic rings. The van der Waals surface area contributed by atoms with Crippen molar-refractivity contribution in [3.05, 3.63) is 35.4 Å². The summed E-state index contributed by atoms with van der Waals surface area (Å²) in [6.07, 6.45) is 0.872. The number of hydrogen-bond acceptors (Lipinski definition) is 0. The molecule has 0 saturated heterocycles. The molecule has 0 atom stereocenters. The van der Waals surface area contributed by atoms with Gasteiger partial charge in [-0.15, -0.1) is 5.92 Å².